The number of thioether (sulfide) groups is 1. The van der Waals surface area contributed by atoms with Crippen LogP contribution >= 0.6 is 11.8 Å². The van der Waals surface area contributed by atoms with Crippen LogP contribution in [0.15, 0.2) is 100 Å². The van der Waals surface area contributed by atoms with Crippen molar-refractivity contribution < 1.29 is 18.4 Å². The van der Waals surface area contributed by atoms with E-state index in [1.54, 1.807) is 18.3 Å². The largest absolute Gasteiger partial charge is 0.436 e. The van der Waals surface area contributed by atoms with Crippen LogP contribution in [-0.2, 0) is 12.1 Å². The van der Waals surface area contributed by atoms with Crippen LogP contribution in [-0.4, -0.2) is 39.5 Å². The van der Waals surface area contributed by atoms with Crippen molar-refractivity contribution in [2.45, 2.75) is 35.1 Å². The normalized spacial score (nSPS) is 23.6. The van der Waals surface area contributed by atoms with Crippen molar-refractivity contribution in [1.29, 1.82) is 0 Å². The minimum atomic E-state index is -1.47. The maximum Gasteiger partial charge on any atom is 0.236 e. The smallest absolute Gasteiger partial charge is 0.236 e. The van der Waals surface area contributed by atoms with Gasteiger partial charge < -0.3 is 14.0 Å². The van der Waals surface area contributed by atoms with Gasteiger partial charge in [0.1, 0.15) is 12.4 Å². The number of benzene rings is 3. The topological polar surface area (TPSA) is 46.3 Å². The lowest BCUT2D eigenvalue weighted by Crippen LogP contribution is -2.62. The maximum atomic E-state index is 13.8. The Kier molecular flexibility index (Phi) is 6.20. The zero-order valence-corrected chi connectivity index (χ0v) is 20.9. The van der Waals surface area contributed by atoms with E-state index in [0.29, 0.717) is 17.1 Å². The fraction of sp³-hybridized carbons (Fsp3) is 0.300. The Bertz CT molecular complexity index is 1280. The highest BCUT2D eigenvalue weighted by Gasteiger charge is 2.47. The van der Waals surface area contributed by atoms with E-state index in [0.717, 1.165) is 52.4 Å². The van der Waals surface area contributed by atoms with Crippen LogP contribution in [0.3, 0.4) is 0 Å². The monoisotopic (exact) mass is 501 g/mol. The first-order chi connectivity index (χ1) is 17.5. The number of aliphatic hydroxyl groups is 1. The molecule has 7 rings (SSSR count). The molecule has 3 fully saturated rings. The van der Waals surface area contributed by atoms with E-state index in [1.165, 1.54) is 18.9 Å². The molecule has 0 spiro atoms. The summed E-state index contributed by atoms with van der Waals surface area (Å²) in [6.45, 7) is 4.01. The average Bonchev–Trinajstić information content (AvgIpc) is 3.38. The van der Waals surface area contributed by atoms with Crippen molar-refractivity contribution in [3.63, 3.8) is 0 Å². The lowest BCUT2D eigenvalue weighted by atomic mass is 9.85. The molecule has 4 aromatic rings. The van der Waals surface area contributed by atoms with Gasteiger partial charge in [0.2, 0.25) is 5.89 Å². The van der Waals surface area contributed by atoms with Crippen LogP contribution in [0.4, 0.5) is 4.39 Å². The molecule has 0 amide bonds. The molecule has 1 unspecified atom stereocenters. The molecule has 3 aliphatic heterocycles. The van der Waals surface area contributed by atoms with E-state index < -0.39 is 5.60 Å². The summed E-state index contributed by atoms with van der Waals surface area (Å²) in [7, 11) is 0. The molecule has 2 bridgehead atoms. The van der Waals surface area contributed by atoms with E-state index in [1.807, 2.05) is 78.5 Å². The second-order valence-electron chi connectivity index (χ2n) is 10.2. The first-order valence-corrected chi connectivity index (χ1v) is 13.5. The molecule has 4 heterocycles. The molecule has 1 N–H and O–H groups in total. The fourth-order valence-corrected chi connectivity index (χ4v) is 7.49. The molecule has 1 atom stereocenters. The maximum absolute atomic E-state index is 13.8. The summed E-state index contributed by atoms with van der Waals surface area (Å²) in [5, 5.41) is 12.5. The SMILES string of the molecule is OC(c1ccccc1)(c1ccccc1)c1ncc(C[N+]23CCC(CC2)C(Sc2cccc(F)c2)C3)o1. The summed E-state index contributed by atoms with van der Waals surface area (Å²) in [4.78, 5) is 5.61. The van der Waals surface area contributed by atoms with Gasteiger partial charge in [0.15, 0.2) is 11.4 Å². The zero-order valence-electron chi connectivity index (χ0n) is 20.1. The third kappa shape index (κ3) is 4.38. The molecule has 3 aromatic carbocycles. The number of piperidine rings is 3. The highest BCUT2D eigenvalue weighted by atomic mass is 32.2. The molecule has 0 radical (unpaired) electrons. The van der Waals surface area contributed by atoms with Gasteiger partial charge in [0, 0.05) is 17.7 Å². The number of aromatic nitrogens is 1. The molecule has 6 heteroatoms. The Hall–Kier alpha value is -2.93. The van der Waals surface area contributed by atoms with E-state index in [4.69, 9.17) is 4.42 Å². The lowest BCUT2D eigenvalue weighted by molar-refractivity contribution is -0.954. The number of oxazole rings is 1. The van der Waals surface area contributed by atoms with E-state index in [-0.39, 0.29) is 5.82 Å². The molecule has 0 saturated carbocycles. The average molecular weight is 502 g/mol. The van der Waals surface area contributed by atoms with Gasteiger partial charge in [-0.25, -0.2) is 9.37 Å². The van der Waals surface area contributed by atoms with Crippen LogP contribution in [0.25, 0.3) is 0 Å². The number of fused-ring (bicyclic) bond motifs is 3. The number of halogens is 1. The minimum Gasteiger partial charge on any atom is -0.436 e. The highest BCUT2D eigenvalue weighted by Crippen LogP contribution is 2.44. The summed E-state index contributed by atoms with van der Waals surface area (Å²) in [5.74, 6) is 1.59. The quantitative estimate of drug-likeness (QED) is 0.316. The van der Waals surface area contributed by atoms with Gasteiger partial charge in [0.05, 0.1) is 31.1 Å². The zero-order chi connectivity index (χ0) is 24.6. The second-order valence-corrected chi connectivity index (χ2v) is 11.5. The second kappa shape index (κ2) is 9.51. The van der Waals surface area contributed by atoms with Gasteiger partial charge >= 0.3 is 0 Å². The van der Waals surface area contributed by atoms with Crippen LogP contribution < -0.4 is 0 Å². The number of rotatable bonds is 7. The Morgan fingerprint density at radius 1 is 0.944 bits per heavy atom. The van der Waals surface area contributed by atoms with Crippen molar-refractivity contribution in [3.05, 3.63) is 120 Å². The van der Waals surface area contributed by atoms with Crippen LogP contribution in [0.1, 0.15) is 35.6 Å². The summed E-state index contributed by atoms with van der Waals surface area (Å²) >= 11 is 1.81. The molecule has 1 aromatic heterocycles. The predicted octanol–water partition coefficient (Wildman–Crippen LogP) is 6.00. The van der Waals surface area contributed by atoms with E-state index >= 15 is 0 Å². The standard InChI is InChI=1S/C30H30FN2O2S/c31-25-12-7-13-27(18-25)36-28-21-33(16-14-22(28)15-17-33)20-26-19-32-29(35-26)30(34,23-8-3-1-4-9-23)24-10-5-2-6-11-24/h1-13,18-19,22,28,34H,14-17,20-21H2/q+1. The Balaban J connectivity index is 1.26. The van der Waals surface area contributed by atoms with Gasteiger partial charge in [0.25, 0.3) is 0 Å². The summed E-state index contributed by atoms with van der Waals surface area (Å²) in [6.07, 6.45) is 4.13. The van der Waals surface area contributed by atoms with E-state index in [9.17, 15) is 9.50 Å². The van der Waals surface area contributed by atoms with Crippen molar-refractivity contribution >= 4 is 11.8 Å². The molecule has 184 valence electrons. The molecular weight excluding hydrogens is 471 g/mol. The highest BCUT2D eigenvalue weighted by molar-refractivity contribution is 8.00. The van der Waals surface area contributed by atoms with Gasteiger partial charge in [-0.05, 0) is 35.2 Å². The van der Waals surface area contributed by atoms with Crippen LogP contribution in [0.5, 0.6) is 0 Å². The molecule has 36 heavy (non-hydrogen) atoms. The number of nitrogens with zero attached hydrogens (tertiary/aromatic N) is 2. The van der Waals surface area contributed by atoms with Gasteiger partial charge in [-0.1, -0.05) is 66.7 Å². The van der Waals surface area contributed by atoms with Gasteiger partial charge in [-0.3, -0.25) is 0 Å². The molecular formula is C30H30FN2O2S+. The molecule has 0 aliphatic carbocycles. The Labute approximate surface area is 215 Å². The van der Waals surface area contributed by atoms with Crippen molar-refractivity contribution in [2.75, 3.05) is 19.6 Å². The van der Waals surface area contributed by atoms with Crippen molar-refractivity contribution in [1.82, 2.24) is 4.98 Å². The number of hydrogen-bond donors (Lipinski definition) is 1. The first kappa shape index (κ1) is 23.5. The predicted molar refractivity (Wildman–Crippen MR) is 139 cm³/mol. The summed E-state index contributed by atoms with van der Waals surface area (Å²) in [6, 6.07) is 26.1. The van der Waals surface area contributed by atoms with Crippen molar-refractivity contribution in [3.8, 4) is 0 Å². The third-order valence-electron chi connectivity index (χ3n) is 7.86. The summed E-state index contributed by atoms with van der Waals surface area (Å²) in [5.41, 5.74) is -0.0187. The van der Waals surface area contributed by atoms with Gasteiger partial charge in [-0.15, -0.1) is 11.8 Å². The Morgan fingerprint density at radius 3 is 2.25 bits per heavy atom. The van der Waals surface area contributed by atoms with E-state index in [2.05, 4.69) is 4.98 Å². The Morgan fingerprint density at radius 2 is 1.61 bits per heavy atom. The molecule has 3 aliphatic rings. The van der Waals surface area contributed by atoms with Crippen LogP contribution in [0.2, 0.25) is 0 Å². The lowest BCUT2D eigenvalue weighted by Gasteiger charge is -2.52. The number of hydrogen-bond acceptors (Lipinski definition) is 4. The first-order valence-electron chi connectivity index (χ1n) is 12.6. The van der Waals surface area contributed by atoms with Crippen LogP contribution in [0, 0.1) is 11.7 Å². The summed E-state index contributed by atoms with van der Waals surface area (Å²) < 4.78 is 21.1. The fourth-order valence-electron chi connectivity index (χ4n) is 5.94. The van der Waals surface area contributed by atoms with Gasteiger partial charge in [-0.2, -0.15) is 0 Å². The van der Waals surface area contributed by atoms with Crippen molar-refractivity contribution in [2.24, 2.45) is 5.92 Å². The minimum absolute atomic E-state index is 0.177. The molecule has 4 nitrogen and oxygen atoms in total. The molecule has 3 saturated heterocycles. The third-order valence-corrected chi connectivity index (χ3v) is 9.23. The number of quaternary nitrogens is 1.